The minimum absolute atomic E-state index is 0.0105. The number of sulfonamides is 1. The molecule has 1 aliphatic heterocycles. The molecule has 2 aromatic rings. The molecule has 1 saturated heterocycles. The Bertz CT molecular complexity index is 1070. The van der Waals surface area contributed by atoms with E-state index in [1.54, 1.807) is 12.1 Å². The lowest BCUT2D eigenvalue weighted by atomic mass is 9.97. The Morgan fingerprint density at radius 1 is 1.09 bits per heavy atom. The molecule has 0 saturated carbocycles. The van der Waals surface area contributed by atoms with Crippen LogP contribution < -0.4 is 10.2 Å². The van der Waals surface area contributed by atoms with E-state index in [0.717, 1.165) is 5.69 Å². The maximum absolute atomic E-state index is 13.1. The molecule has 1 unspecified atom stereocenters. The number of carbonyl (C=O) groups is 2. The van der Waals surface area contributed by atoms with Crippen molar-refractivity contribution in [3.05, 3.63) is 60.2 Å². The molecule has 3 rings (SSSR count). The Morgan fingerprint density at radius 3 is 2.33 bits per heavy atom. The van der Waals surface area contributed by atoms with Gasteiger partial charge in [-0.15, -0.1) is 0 Å². The number of benzene rings is 2. The van der Waals surface area contributed by atoms with Gasteiger partial charge in [-0.3, -0.25) is 4.79 Å². The van der Waals surface area contributed by atoms with E-state index < -0.39 is 16.0 Å². The van der Waals surface area contributed by atoms with Crippen LogP contribution in [0.3, 0.4) is 0 Å². The topological polar surface area (TPSA) is 96.0 Å². The number of amides is 1. The molecule has 9 heteroatoms. The second-order valence-corrected chi connectivity index (χ2v) is 10.1. The highest BCUT2D eigenvalue weighted by Gasteiger charge is 2.34. The number of piperidine rings is 1. The van der Waals surface area contributed by atoms with Gasteiger partial charge < -0.3 is 15.0 Å². The molecular weight excluding hydrogens is 442 g/mol. The van der Waals surface area contributed by atoms with Crippen LogP contribution in [-0.4, -0.2) is 64.4 Å². The first-order chi connectivity index (χ1) is 15.8. The SMILES string of the molecule is COC(=O)c1ccccc1S(=O)(=O)N1CCC(C(=O)NCC(C)N(C)c2ccccc2)CC1. The summed E-state index contributed by atoms with van der Waals surface area (Å²) in [5.74, 6) is -1.00. The molecule has 1 aliphatic rings. The van der Waals surface area contributed by atoms with Gasteiger partial charge in [0.05, 0.1) is 17.6 Å². The number of nitrogens with one attached hydrogen (secondary N) is 1. The molecular formula is C24H31N3O5S. The molecule has 2 aromatic carbocycles. The summed E-state index contributed by atoms with van der Waals surface area (Å²) >= 11 is 0. The number of likely N-dealkylation sites (N-methyl/N-ethyl adjacent to an activating group) is 1. The molecule has 1 heterocycles. The fourth-order valence-corrected chi connectivity index (χ4v) is 5.56. The third kappa shape index (κ3) is 5.72. The maximum Gasteiger partial charge on any atom is 0.339 e. The second-order valence-electron chi connectivity index (χ2n) is 8.21. The van der Waals surface area contributed by atoms with E-state index in [9.17, 15) is 18.0 Å². The Kier molecular flexibility index (Phi) is 8.10. The van der Waals surface area contributed by atoms with Crippen LogP contribution in [0.2, 0.25) is 0 Å². The molecule has 0 aliphatic carbocycles. The highest BCUT2D eigenvalue weighted by Crippen LogP contribution is 2.26. The molecule has 1 atom stereocenters. The van der Waals surface area contributed by atoms with Crippen LogP contribution in [0.25, 0.3) is 0 Å². The molecule has 0 bridgehead atoms. The Labute approximate surface area is 195 Å². The van der Waals surface area contributed by atoms with E-state index >= 15 is 0 Å². The Balaban J connectivity index is 1.56. The van der Waals surface area contributed by atoms with Gasteiger partial charge in [0.1, 0.15) is 0 Å². The van der Waals surface area contributed by atoms with E-state index in [1.807, 2.05) is 44.3 Å². The molecule has 1 fully saturated rings. The lowest BCUT2D eigenvalue weighted by molar-refractivity contribution is -0.126. The van der Waals surface area contributed by atoms with Crippen molar-refractivity contribution in [3.8, 4) is 0 Å². The smallest absolute Gasteiger partial charge is 0.339 e. The lowest BCUT2D eigenvalue weighted by Gasteiger charge is -2.32. The van der Waals surface area contributed by atoms with E-state index in [-0.39, 0.29) is 41.4 Å². The monoisotopic (exact) mass is 473 g/mol. The van der Waals surface area contributed by atoms with Crippen molar-refractivity contribution < 1.29 is 22.7 Å². The summed E-state index contributed by atoms with van der Waals surface area (Å²) in [5, 5.41) is 3.01. The molecule has 8 nitrogen and oxygen atoms in total. The number of carbonyl (C=O) groups excluding carboxylic acids is 2. The fourth-order valence-electron chi connectivity index (χ4n) is 3.91. The fraction of sp³-hybridized carbons (Fsp3) is 0.417. The van der Waals surface area contributed by atoms with Crippen molar-refractivity contribution in [2.45, 2.75) is 30.7 Å². The number of hydrogen-bond acceptors (Lipinski definition) is 6. The summed E-state index contributed by atoms with van der Waals surface area (Å²) in [7, 11) is -0.666. The third-order valence-corrected chi connectivity index (χ3v) is 8.09. The Hall–Kier alpha value is -2.91. The normalized spacial score (nSPS) is 16.1. The van der Waals surface area contributed by atoms with E-state index in [0.29, 0.717) is 19.4 Å². The predicted molar refractivity (Wildman–Crippen MR) is 127 cm³/mol. The molecule has 0 aromatic heterocycles. The van der Waals surface area contributed by atoms with Gasteiger partial charge in [-0.2, -0.15) is 4.31 Å². The van der Waals surface area contributed by atoms with Gasteiger partial charge >= 0.3 is 5.97 Å². The van der Waals surface area contributed by atoms with Crippen LogP contribution in [0.5, 0.6) is 0 Å². The number of ether oxygens (including phenoxy) is 1. The largest absolute Gasteiger partial charge is 0.465 e. The molecule has 33 heavy (non-hydrogen) atoms. The zero-order valence-electron chi connectivity index (χ0n) is 19.2. The van der Waals surface area contributed by atoms with Crippen LogP contribution in [0, 0.1) is 5.92 Å². The molecule has 0 spiro atoms. The first-order valence-electron chi connectivity index (χ1n) is 11.0. The van der Waals surface area contributed by atoms with Crippen LogP contribution in [0.15, 0.2) is 59.5 Å². The van der Waals surface area contributed by atoms with Gasteiger partial charge in [-0.25, -0.2) is 13.2 Å². The minimum atomic E-state index is -3.87. The van der Waals surface area contributed by atoms with E-state index in [4.69, 9.17) is 4.74 Å². The summed E-state index contributed by atoms with van der Waals surface area (Å²) in [6.07, 6.45) is 0.850. The van der Waals surface area contributed by atoms with Gasteiger partial charge in [0.25, 0.3) is 0 Å². The highest BCUT2D eigenvalue weighted by atomic mass is 32.2. The zero-order valence-corrected chi connectivity index (χ0v) is 20.0. The van der Waals surface area contributed by atoms with E-state index in [1.165, 1.54) is 23.5 Å². The third-order valence-electron chi connectivity index (χ3n) is 6.13. The van der Waals surface area contributed by atoms with Crippen LogP contribution in [0.1, 0.15) is 30.1 Å². The quantitative estimate of drug-likeness (QED) is 0.592. The minimum Gasteiger partial charge on any atom is -0.465 e. The summed E-state index contributed by atoms with van der Waals surface area (Å²) in [4.78, 5) is 26.8. The predicted octanol–water partition coefficient (Wildman–Crippen LogP) is 2.51. The summed E-state index contributed by atoms with van der Waals surface area (Å²) in [6, 6.07) is 16.1. The number of esters is 1. The van der Waals surface area contributed by atoms with Crippen molar-refractivity contribution in [1.82, 2.24) is 9.62 Å². The molecule has 178 valence electrons. The standard InChI is InChI=1S/C24H31N3O5S/c1-18(26(2)20-9-5-4-6-10-20)17-25-23(28)19-13-15-27(16-14-19)33(30,31)22-12-8-7-11-21(22)24(29)32-3/h4-12,18-19H,13-17H2,1-3H3,(H,25,28). The van der Waals surface area contributed by atoms with Crippen molar-refractivity contribution >= 4 is 27.6 Å². The van der Waals surface area contributed by atoms with Crippen molar-refractivity contribution in [2.24, 2.45) is 5.92 Å². The van der Waals surface area contributed by atoms with Crippen molar-refractivity contribution in [2.75, 3.05) is 38.7 Å². The number of hydrogen-bond donors (Lipinski definition) is 1. The van der Waals surface area contributed by atoms with Crippen LogP contribution in [0.4, 0.5) is 5.69 Å². The van der Waals surface area contributed by atoms with Gasteiger partial charge in [0.15, 0.2) is 0 Å². The summed E-state index contributed by atoms with van der Waals surface area (Å²) < 4.78 is 32.3. The van der Waals surface area contributed by atoms with Crippen molar-refractivity contribution in [3.63, 3.8) is 0 Å². The Morgan fingerprint density at radius 2 is 1.70 bits per heavy atom. The summed E-state index contributed by atoms with van der Waals surface area (Å²) in [6.45, 7) is 2.97. The van der Waals surface area contributed by atoms with Gasteiger partial charge in [0, 0.05) is 44.3 Å². The number of para-hydroxylation sites is 1. The van der Waals surface area contributed by atoms with Gasteiger partial charge in [-0.05, 0) is 44.0 Å². The number of methoxy groups -OCH3 is 1. The first-order valence-corrected chi connectivity index (χ1v) is 12.4. The van der Waals surface area contributed by atoms with Gasteiger partial charge in [-0.1, -0.05) is 30.3 Å². The average Bonchev–Trinajstić information content (AvgIpc) is 2.86. The number of rotatable bonds is 8. The summed E-state index contributed by atoms with van der Waals surface area (Å²) in [5.41, 5.74) is 1.08. The first kappa shape index (κ1) is 24.7. The maximum atomic E-state index is 13.1. The second kappa shape index (κ2) is 10.8. The molecule has 1 N–H and O–H groups in total. The molecule has 1 amide bonds. The van der Waals surface area contributed by atoms with E-state index in [2.05, 4.69) is 10.2 Å². The number of anilines is 1. The van der Waals surface area contributed by atoms with Crippen LogP contribution in [-0.2, 0) is 19.6 Å². The average molecular weight is 474 g/mol. The number of nitrogens with zero attached hydrogens (tertiary/aromatic N) is 2. The lowest BCUT2D eigenvalue weighted by Crippen LogP contribution is -2.46. The molecule has 0 radical (unpaired) electrons. The van der Waals surface area contributed by atoms with Crippen molar-refractivity contribution in [1.29, 1.82) is 0 Å². The van der Waals surface area contributed by atoms with Crippen LogP contribution >= 0.6 is 0 Å². The van der Waals surface area contributed by atoms with Gasteiger partial charge in [0.2, 0.25) is 15.9 Å². The highest BCUT2D eigenvalue weighted by molar-refractivity contribution is 7.89. The zero-order chi connectivity index (χ0) is 24.0.